The number of alkyl halides is 2. The van der Waals surface area contributed by atoms with Gasteiger partial charge in [-0.15, -0.1) is 0 Å². The van der Waals surface area contributed by atoms with Gasteiger partial charge in [0.05, 0.1) is 12.8 Å². The lowest BCUT2D eigenvalue weighted by atomic mass is 10.3. The predicted octanol–water partition coefficient (Wildman–Crippen LogP) is 1.75. The second-order valence-electron chi connectivity index (χ2n) is 2.25. The Balaban J connectivity index is 3.29. The quantitative estimate of drug-likeness (QED) is 0.726. The normalized spacial score (nSPS) is 10.5. The summed E-state index contributed by atoms with van der Waals surface area (Å²) in [5.41, 5.74) is 4.26. The summed E-state index contributed by atoms with van der Waals surface area (Å²) >= 11 is 0. The molecule has 0 aliphatic heterocycles. The molecular formula is C7H7F3N2O. The van der Waals surface area contributed by atoms with E-state index in [0.717, 1.165) is 13.2 Å². The van der Waals surface area contributed by atoms with Gasteiger partial charge in [0.2, 0.25) is 5.95 Å². The standard InChI is InChI=1S/C7H7F3N2O/c1-13-6-3(11)2-4(8)12-5(6)7(9)10/h2,7H,1H3,(H2,11,12). The summed E-state index contributed by atoms with van der Waals surface area (Å²) in [6.07, 6.45) is -2.91. The van der Waals surface area contributed by atoms with Gasteiger partial charge in [-0.25, -0.2) is 13.8 Å². The Labute approximate surface area is 72.3 Å². The predicted molar refractivity (Wildman–Crippen MR) is 40.1 cm³/mol. The largest absolute Gasteiger partial charge is 0.492 e. The van der Waals surface area contributed by atoms with Crippen molar-refractivity contribution < 1.29 is 17.9 Å². The summed E-state index contributed by atoms with van der Waals surface area (Å²) in [5, 5.41) is 0. The molecule has 0 spiro atoms. The first-order chi connectivity index (χ1) is 6.06. The van der Waals surface area contributed by atoms with E-state index in [9.17, 15) is 13.2 Å². The number of halogens is 3. The number of hydrogen-bond donors (Lipinski definition) is 1. The minimum atomic E-state index is -2.91. The van der Waals surface area contributed by atoms with Crippen LogP contribution in [0.15, 0.2) is 6.07 Å². The zero-order valence-electron chi connectivity index (χ0n) is 6.72. The Bertz CT molecular complexity index is 317. The number of hydrogen-bond acceptors (Lipinski definition) is 3. The molecule has 13 heavy (non-hydrogen) atoms. The van der Waals surface area contributed by atoms with Gasteiger partial charge in [0, 0.05) is 6.07 Å². The van der Waals surface area contributed by atoms with Crippen molar-refractivity contribution in [2.24, 2.45) is 0 Å². The first-order valence-electron chi connectivity index (χ1n) is 3.34. The van der Waals surface area contributed by atoms with Crippen molar-refractivity contribution in [2.75, 3.05) is 12.8 Å². The molecule has 0 saturated heterocycles. The van der Waals surface area contributed by atoms with E-state index in [4.69, 9.17) is 5.73 Å². The molecule has 0 atom stereocenters. The SMILES string of the molecule is COc1c(N)cc(F)nc1C(F)F. The molecule has 1 rings (SSSR count). The van der Waals surface area contributed by atoms with Crippen LogP contribution >= 0.6 is 0 Å². The fourth-order valence-electron chi connectivity index (χ4n) is 0.910. The summed E-state index contributed by atoms with van der Waals surface area (Å²) in [7, 11) is 1.16. The summed E-state index contributed by atoms with van der Waals surface area (Å²) in [6.45, 7) is 0. The van der Waals surface area contributed by atoms with Crippen LogP contribution in [0, 0.1) is 5.95 Å². The fraction of sp³-hybridized carbons (Fsp3) is 0.286. The van der Waals surface area contributed by atoms with Gasteiger partial charge in [0.15, 0.2) is 11.4 Å². The van der Waals surface area contributed by atoms with Crippen LogP contribution in [-0.4, -0.2) is 12.1 Å². The van der Waals surface area contributed by atoms with E-state index in [2.05, 4.69) is 9.72 Å². The average molecular weight is 192 g/mol. The molecule has 1 heterocycles. The maximum absolute atomic E-state index is 12.5. The van der Waals surface area contributed by atoms with Crippen LogP contribution in [0.3, 0.4) is 0 Å². The highest BCUT2D eigenvalue weighted by atomic mass is 19.3. The third-order valence-corrected chi connectivity index (χ3v) is 1.41. The van der Waals surface area contributed by atoms with Crippen molar-refractivity contribution in [2.45, 2.75) is 6.43 Å². The average Bonchev–Trinajstić information content (AvgIpc) is 2.02. The molecule has 0 aromatic carbocycles. The highest BCUT2D eigenvalue weighted by Crippen LogP contribution is 2.32. The van der Waals surface area contributed by atoms with Gasteiger partial charge in [-0.2, -0.15) is 4.39 Å². The van der Waals surface area contributed by atoms with Crippen molar-refractivity contribution in [3.63, 3.8) is 0 Å². The molecule has 0 unspecified atom stereocenters. The van der Waals surface area contributed by atoms with Crippen LogP contribution in [0.4, 0.5) is 18.9 Å². The Morgan fingerprint density at radius 2 is 2.15 bits per heavy atom. The van der Waals surface area contributed by atoms with Gasteiger partial charge in [-0.1, -0.05) is 0 Å². The van der Waals surface area contributed by atoms with Crippen LogP contribution in [0.2, 0.25) is 0 Å². The number of pyridine rings is 1. The molecular weight excluding hydrogens is 185 g/mol. The molecule has 0 aliphatic carbocycles. The number of nitrogens with zero attached hydrogens (tertiary/aromatic N) is 1. The monoisotopic (exact) mass is 192 g/mol. The highest BCUT2D eigenvalue weighted by Gasteiger charge is 2.19. The molecule has 72 valence electrons. The lowest BCUT2D eigenvalue weighted by Crippen LogP contribution is -2.02. The van der Waals surface area contributed by atoms with Crippen molar-refractivity contribution in [3.8, 4) is 5.75 Å². The van der Waals surface area contributed by atoms with E-state index in [1.165, 1.54) is 0 Å². The first kappa shape index (κ1) is 9.63. The Morgan fingerprint density at radius 3 is 2.62 bits per heavy atom. The maximum Gasteiger partial charge on any atom is 0.284 e. The Morgan fingerprint density at radius 1 is 1.54 bits per heavy atom. The van der Waals surface area contributed by atoms with Gasteiger partial charge in [0.25, 0.3) is 6.43 Å². The molecule has 1 aromatic heterocycles. The molecule has 0 fully saturated rings. The van der Waals surface area contributed by atoms with E-state index in [1.807, 2.05) is 0 Å². The van der Waals surface area contributed by atoms with Crippen molar-refractivity contribution in [3.05, 3.63) is 17.7 Å². The summed E-state index contributed by atoms with van der Waals surface area (Å²) in [6, 6.07) is 0.824. The number of nitrogens with two attached hydrogens (primary N) is 1. The summed E-state index contributed by atoms with van der Waals surface area (Å²) in [5.74, 6) is -1.33. The highest BCUT2D eigenvalue weighted by molar-refractivity contribution is 5.54. The number of anilines is 1. The van der Waals surface area contributed by atoms with E-state index < -0.39 is 18.1 Å². The van der Waals surface area contributed by atoms with Gasteiger partial charge >= 0.3 is 0 Å². The lowest BCUT2D eigenvalue weighted by molar-refractivity contribution is 0.140. The van der Waals surface area contributed by atoms with Crippen LogP contribution in [-0.2, 0) is 0 Å². The fourth-order valence-corrected chi connectivity index (χ4v) is 0.910. The van der Waals surface area contributed by atoms with Gasteiger partial charge in [-0.05, 0) is 0 Å². The third kappa shape index (κ3) is 1.82. The molecule has 6 heteroatoms. The summed E-state index contributed by atoms with van der Waals surface area (Å²) in [4.78, 5) is 2.98. The van der Waals surface area contributed by atoms with Crippen LogP contribution in [0.25, 0.3) is 0 Å². The second kappa shape index (κ2) is 3.51. The van der Waals surface area contributed by atoms with Crippen molar-refractivity contribution in [1.82, 2.24) is 4.98 Å². The van der Waals surface area contributed by atoms with E-state index in [-0.39, 0.29) is 11.4 Å². The van der Waals surface area contributed by atoms with Gasteiger partial charge in [0.1, 0.15) is 0 Å². The smallest absolute Gasteiger partial charge is 0.284 e. The number of aromatic nitrogens is 1. The minimum absolute atomic E-state index is 0.190. The maximum atomic E-state index is 12.5. The number of rotatable bonds is 2. The van der Waals surface area contributed by atoms with Crippen molar-refractivity contribution >= 4 is 5.69 Å². The first-order valence-corrected chi connectivity index (χ1v) is 3.34. The lowest BCUT2D eigenvalue weighted by Gasteiger charge is -2.08. The number of ether oxygens (including phenoxy) is 1. The minimum Gasteiger partial charge on any atom is -0.492 e. The Kier molecular flexibility index (Phi) is 2.60. The number of nitrogen functional groups attached to an aromatic ring is 1. The number of methoxy groups -OCH3 is 1. The van der Waals surface area contributed by atoms with E-state index >= 15 is 0 Å². The van der Waals surface area contributed by atoms with Gasteiger partial charge in [-0.3, -0.25) is 0 Å². The summed E-state index contributed by atoms with van der Waals surface area (Å²) < 4.78 is 41.5. The third-order valence-electron chi connectivity index (χ3n) is 1.41. The molecule has 0 saturated carbocycles. The van der Waals surface area contributed by atoms with E-state index in [0.29, 0.717) is 0 Å². The molecule has 0 radical (unpaired) electrons. The van der Waals surface area contributed by atoms with Gasteiger partial charge < -0.3 is 10.5 Å². The molecule has 1 aromatic rings. The van der Waals surface area contributed by atoms with Crippen LogP contribution < -0.4 is 10.5 Å². The molecule has 2 N–H and O–H groups in total. The zero-order valence-corrected chi connectivity index (χ0v) is 6.72. The van der Waals surface area contributed by atoms with E-state index in [1.54, 1.807) is 0 Å². The molecule has 3 nitrogen and oxygen atoms in total. The zero-order chi connectivity index (χ0) is 10.0. The van der Waals surface area contributed by atoms with Crippen molar-refractivity contribution in [1.29, 1.82) is 0 Å². The van der Waals surface area contributed by atoms with Crippen LogP contribution in [0.5, 0.6) is 5.75 Å². The van der Waals surface area contributed by atoms with Crippen LogP contribution in [0.1, 0.15) is 12.1 Å². The molecule has 0 aliphatic rings. The Hall–Kier alpha value is -1.46. The molecule has 0 amide bonds. The topological polar surface area (TPSA) is 48.1 Å². The molecule has 0 bridgehead atoms. The second-order valence-corrected chi connectivity index (χ2v) is 2.25.